The Morgan fingerprint density at radius 3 is 1.97 bits per heavy atom. The van der Waals surface area contributed by atoms with Gasteiger partial charge in [0.1, 0.15) is 12.4 Å². The SMILES string of the molecule is CC(C)(C)c1ccc(CSc2ccc(C(F)(F)F)c(OCCO[Si](C)(C)C(C)(C)C)c2)cc1. The Balaban J connectivity index is 2.07. The minimum atomic E-state index is -4.47. The van der Waals surface area contributed by atoms with E-state index in [-0.39, 0.29) is 29.4 Å². The van der Waals surface area contributed by atoms with Crippen LogP contribution in [0.1, 0.15) is 58.2 Å². The average molecular weight is 499 g/mol. The van der Waals surface area contributed by atoms with Crippen LogP contribution in [-0.2, 0) is 21.8 Å². The molecule has 0 saturated carbocycles. The van der Waals surface area contributed by atoms with Crippen molar-refractivity contribution in [3.8, 4) is 5.75 Å². The average Bonchev–Trinajstić information content (AvgIpc) is 2.67. The van der Waals surface area contributed by atoms with Crippen LogP contribution in [0.3, 0.4) is 0 Å². The number of benzene rings is 2. The van der Waals surface area contributed by atoms with Gasteiger partial charge < -0.3 is 9.16 Å². The molecule has 0 N–H and O–H groups in total. The van der Waals surface area contributed by atoms with Crippen molar-refractivity contribution in [2.75, 3.05) is 13.2 Å². The molecule has 0 unspecified atom stereocenters. The molecule has 0 amide bonds. The van der Waals surface area contributed by atoms with Gasteiger partial charge in [-0.25, -0.2) is 0 Å². The van der Waals surface area contributed by atoms with Crippen molar-refractivity contribution in [2.24, 2.45) is 0 Å². The van der Waals surface area contributed by atoms with Crippen LogP contribution in [0.15, 0.2) is 47.4 Å². The van der Waals surface area contributed by atoms with Crippen molar-refractivity contribution in [3.63, 3.8) is 0 Å². The molecule has 2 aromatic rings. The summed E-state index contributed by atoms with van der Waals surface area (Å²) in [4.78, 5) is 0.739. The number of thioether (sulfide) groups is 1. The smallest absolute Gasteiger partial charge is 0.419 e. The summed E-state index contributed by atoms with van der Waals surface area (Å²) in [7, 11) is -1.98. The molecule has 0 atom stereocenters. The van der Waals surface area contributed by atoms with Crippen LogP contribution in [0.25, 0.3) is 0 Å². The first-order valence-corrected chi connectivity index (χ1v) is 15.1. The summed E-state index contributed by atoms with van der Waals surface area (Å²) >= 11 is 1.50. The first kappa shape index (κ1) is 27.8. The van der Waals surface area contributed by atoms with Gasteiger partial charge in [0.2, 0.25) is 0 Å². The monoisotopic (exact) mass is 498 g/mol. The molecule has 2 rings (SSSR count). The quantitative estimate of drug-likeness (QED) is 0.206. The second-order valence-electron chi connectivity index (χ2n) is 10.8. The molecule has 7 heteroatoms. The Labute approximate surface area is 202 Å². The van der Waals surface area contributed by atoms with E-state index in [4.69, 9.17) is 9.16 Å². The second-order valence-corrected chi connectivity index (χ2v) is 16.7. The van der Waals surface area contributed by atoms with Crippen molar-refractivity contribution in [1.29, 1.82) is 0 Å². The second kappa shape index (κ2) is 10.4. The third-order valence-electron chi connectivity index (χ3n) is 6.09. The number of rotatable bonds is 8. The number of alkyl halides is 3. The zero-order valence-corrected chi connectivity index (χ0v) is 22.8. The zero-order valence-electron chi connectivity index (χ0n) is 21.0. The van der Waals surface area contributed by atoms with E-state index in [1.807, 2.05) is 0 Å². The lowest BCUT2D eigenvalue weighted by Gasteiger charge is -2.36. The molecule has 0 aromatic heterocycles. The van der Waals surface area contributed by atoms with Crippen molar-refractivity contribution in [3.05, 3.63) is 59.2 Å². The van der Waals surface area contributed by atoms with Crippen LogP contribution >= 0.6 is 11.8 Å². The van der Waals surface area contributed by atoms with E-state index in [1.54, 1.807) is 0 Å². The molecule has 0 aliphatic carbocycles. The largest absolute Gasteiger partial charge is 0.491 e. The highest BCUT2D eigenvalue weighted by molar-refractivity contribution is 7.98. The lowest BCUT2D eigenvalue weighted by atomic mass is 9.87. The molecule has 0 aliphatic rings. The van der Waals surface area contributed by atoms with E-state index in [1.165, 1.54) is 29.5 Å². The summed E-state index contributed by atoms with van der Waals surface area (Å²) in [5, 5.41) is 0.0335. The van der Waals surface area contributed by atoms with E-state index in [0.717, 1.165) is 16.5 Å². The van der Waals surface area contributed by atoms with E-state index in [9.17, 15) is 13.2 Å². The summed E-state index contributed by atoms with van der Waals surface area (Å²) in [5.74, 6) is 0.526. The van der Waals surface area contributed by atoms with Crippen molar-refractivity contribution < 1.29 is 22.3 Å². The molecule has 0 aliphatic heterocycles. The van der Waals surface area contributed by atoms with Gasteiger partial charge >= 0.3 is 6.18 Å². The fraction of sp³-hybridized carbons (Fsp3) is 0.538. The van der Waals surface area contributed by atoms with E-state index in [2.05, 4.69) is 78.9 Å². The number of halogens is 3. The van der Waals surface area contributed by atoms with Crippen LogP contribution < -0.4 is 4.74 Å². The molecule has 0 heterocycles. The first-order chi connectivity index (χ1) is 15.0. The molecule has 33 heavy (non-hydrogen) atoms. The van der Waals surface area contributed by atoms with Crippen molar-refractivity contribution in [1.82, 2.24) is 0 Å². The Bertz CT molecular complexity index is 911. The first-order valence-electron chi connectivity index (χ1n) is 11.2. The predicted molar refractivity (Wildman–Crippen MR) is 135 cm³/mol. The third kappa shape index (κ3) is 8.07. The Hall–Kier alpha value is -1.44. The number of hydrogen-bond acceptors (Lipinski definition) is 3. The van der Waals surface area contributed by atoms with E-state index in [0.29, 0.717) is 5.75 Å². The topological polar surface area (TPSA) is 18.5 Å². The van der Waals surface area contributed by atoms with Gasteiger partial charge in [-0.2, -0.15) is 13.2 Å². The lowest BCUT2D eigenvalue weighted by Crippen LogP contribution is -2.41. The summed E-state index contributed by atoms with van der Waals surface area (Å²) in [6.45, 7) is 17.4. The molecule has 0 radical (unpaired) electrons. The number of hydrogen-bond donors (Lipinski definition) is 0. The predicted octanol–water partition coefficient (Wildman–Crippen LogP) is 8.70. The zero-order chi connectivity index (χ0) is 25.1. The third-order valence-corrected chi connectivity index (χ3v) is 11.7. The fourth-order valence-electron chi connectivity index (χ4n) is 2.88. The Kier molecular flexibility index (Phi) is 8.80. The van der Waals surface area contributed by atoms with Gasteiger partial charge in [-0.3, -0.25) is 0 Å². The fourth-order valence-corrected chi connectivity index (χ4v) is 4.79. The summed E-state index contributed by atoms with van der Waals surface area (Å²) in [6.07, 6.45) is -4.47. The maximum Gasteiger partial charge on any atom is 0.419 e. The molecule has 0 fully saturated rings. The van der Waals surface area contributed by atoms with Gasteiger partial charge in [-0.05, 0) is 52.9 Å². The van der Waals surface area contributed by atoms with Gasteiger partial charge in [0.25, 0.3) is 0 Å². The van der Waals surface area contributed by atoms with Crippen LogP contribution in [0.5, 0.6) is 5.75 Å². The highest BCUT2D eigenvalue weighted by Gasteiger charge is 2.37. The normalized spacial score (nSPS) is 13.3. The molecule has 2 aromatic carbocycles. The summed E-state index contributed by atoms with van der Waals surface area (Å²) < 4.78 is 52.1. The van der Waals surface area contributed by atoms with Gasteiger partial charge in [0.05, 0.1) is 12.2 Å². The van der Waals surface area contributed by atoms with Gasteiger partial charge in [-0.15, -0.1) is 11.8 Å². The van der Waals surface area contributed by atoms with Crippen LogP contribution in [-0.4, -0.2) is 21.5 Å². The molecular formula is C26H37F3O2SSi. The minimum Gasteiger partial charge on any atom is -0.491 e. The van der Waals surface area contributed by atoms with Gasteiger partial charge in [0.15, 0.2) is 8.32 Å². The molecule has 2 nitrogen and oxygen atoms in total. The van der Waals surface area contributed by atoms with Crippen LogP contribution in [0.2, 0.25) is 18.1 Å². The Morgan fingerprint density at radius 1 is 0.848 bits per heavy atom. The number of ether oxygens (including phenoxy) is 1. The van der Waals surface area contributed by atoms with Gasteiger partial charge in [-0.1, -0.05) is 65.8 Å². The van der Waals surface area contributed by atoms with Crippen molar-refractivity contribution >= 4 is 20.1 Å². The van der Waals surface area contributed by atoms with Gasteiger partial charge in [0, 0.05) is 10.6 Å². The van der Waals surface area contributed by atoms with Crippen molar-refractivity contribution in [2.45, 2.75) is 81.9 Å². The molecule has 0 spiro atoms. The Morgan fingerprint density at radius 2 is 1.45 bits per heavy atom. The van der Waals surface area contributed by atoms with E-state index >= 15 is 0 Å². The lowest BCUT2D eigenvalue weighted by molar-refractivity contribution is -0.139. The van der Waals surface area contributed by atoms with Crippen LogP contribution in [0, 0.1) is 0 Å². The summed E-state index contributed by atoms with van der Waals surface area (Å²) in [5.41, 5.74) is 1.70. The standard InChI is InChI=1S/C26H37F3O2SSi/c1-24(2,3)20-11-9-19(10-12-20)18-32-21-13-14-22(26(27,28)29)23(17-21)30-15-16-31-33(7,8)25(4,5)6/h9-14,17H,15-16,18H2,1-8H3. The molecule has 184 valence electrons. The highest BCUT2D eigenvalue weighted by Crippen LogP contribution is 2.39. The highest BCUT2D eigenvalue weighted by atomic mass is 32.2. The maximum absolute atomic E-state index is 13.5. The molecule has 0 bridgehead atoms. The maximum atomic E-state index is 13.5. The minimum absolute atomic E-state index is 0.0335. The summed E-state index contributed by atoms with van der Waals surface area (Å²) in [6, 6.07) is 12.5. The van der Waals surface area contributed by atoms with E-state index < -0.39 is 20.1 Å². The molecule has 0 saturated heterocycles. The molecular weight excluding hydrogens is 461 g/mol. The van der Waals surface area contributed by atoms with Crippen LogP contribution in [0.4, 0.5) is 13.2 Å².